The number of aliphatic hydroxyl groups excluding tert-OH is 1. The molecule has 1 unspecified atom stereocenters. The van der Waals surface area contributed by atoms with Crippen molar-refractivity contribution < 1.29 is 23.1 Å². The van der Waals surface area contributed by atoms with Crippen LogP contribution in [0.5, 0.6) is 0 Å². The second-order valence-corrected chi connectivity index (χ2v) is 5.43. The second kappa shape index (κ2) is 6.66. The minimum atomic E-state index is -4.50. The maximum Gasteiger partial charge on any atom is 0.435 e. The lowest BCUT2D eigenvalue weighted by Gasteiger charge is -2.35. The van der Waals surface area contributed by atoms with Gasteiger partial charge in [0.1, 0.15) is 6.54 Å². The summed E-state index contributed by atoms with van der Waals surface area (Å²) in [7, 11) is 0. The average molecular weight is 320 g/mol. The van der Waals surface area contributed by atoms with Crippen LogP contribution in [-0.2, 0) is 17.5 Å². The maximum absolute atomic E-state index is 12.4. The van der Waals surface area contributed by atoms with E-state index in [1.165, 1.54) is 0 Å². The van der Waals surface area contributed by atoms with Gasteiger partial charge in [0, 0.05) is 38.9 Å². The minimum Gasteiger partial charge on any atom is -0.392 e. The van der Waals surface area contributed by atoms with E-state index in [0.29, 0.717) is 32.7 Å². The number of halogens is 3. The van der Waals surface area contributed by atoms with E-state index in [2.05, 4.69) is 5.10 Å². The number of nitrogens with zero attached hydrogens (tertiary/aromatic N) is 4. The molecule has 1 amide bonds. The predicted molar refractivity (Wildman–Crippen MR) is 71.9 cm³/mol. The van der Waals surface area contributed by atoms with Crippen molar-refractivity contribution in [2.45, 2.75) is 25.7 Å². The minimum absolute atomic E-state index is 0.202. The lowest BCUT2D eigenvalue weighted by Crippen LogP contribution is -2.50. The van der Waals surface area contributed by atoms with Crippen LogP contribution in [0.4, 0.5) is 13.2 Å². The van der Waals surface area contributed by atoms with E-state index in [0.717, 1.165) is 16.9 Å². The van der Waals surface area contributed by atoms with Crippen LogP contribution in [0.25, 0.3) is 0 Å². The Balaban J connectivity index is 1.85. The number of hydrogen-bond donors (Lipinski definition) is 1. The lowest BCUT2D eigenvalue weighted by molar-refractivity contribution is -0.142. The zero-order valence-electron chi connectivity index (χ0n) is 12.3. The fraction of sp³-hybridized carbons (Fsp3) is 0.692. The van der Waals surface area contributed by atoms with Crippen LogP contribution in [0.15, 0.2) is 12.3 Å². The van der Waals surface area contributed by atoms with Gasteiger partial charge in [0.25, 0.3) is 0 Å². The summed E-state index contributed by atoms with van der Waals surface area (Å²) in [6.07, 6.45) is -3.77. The molecule has 6 nitrogen and oxygen atoms in total. The highest BCUT2D eigenvalue weighted by Gasteiger charge is 2.33. The van der Waals surface area contributed by atoms with Gasteiger partial charge in [0.05, 0.1) is 6.10 Å². The molecule has 0 spiro atoms. The van der Waals surface area contributed by atoms with E-state index >= 15 is 0 Å². The Hall–Kier alpha value is -1.61. The molecule has 9 heteroatoms. The highest BCUT2D eigenvalue weighted by molar-refractivity contribution is 5.76. The topological polar surface area (TPSA) is 61.6 Å². The Bertz CT molecular complexity index is 508. The predicted octanol–water partition coefficient (Wildman–Crippen LogP) is 0.427. The molecule has 0 radical (unpaired) electrons. The highest BCUT2D eigenvalue weighted by Crippen LogP contribution is 2.27. The summed E-state index contributed by atoms with van der Waals surface area (Å²) in [5.41, 5.74) is -0.998. The molecule has 1 atom stereocenters. The summed E-state index contributed by atoms with van der Waals surface area (Å²) in [6.45, 7) is 4.33. The lowest BCUT2D eigenvalue weighted by atomic mass is 10.2. The summed E-state index contributed by atoms with van der Waals surface area (Å²) in [5.74, 6) is -0.256. The number of rotatable bonds is 4. The van der Waals surface area contributed by atoms with Crippen molar-refractivity contribution >= 4 is 5.91 Å². The second-order valence-electron chi connectivity index (χ2n) is 5.43. The summed E-state index contributed by atoms with van der Waals surface area (Å²) >= 11 is 0. The molecule has 0 aromatic carbocycles. The first-order valence-electron chi connectivity index (χ1n) is 7.04. The molecule has 1 aromatic heterocycles. The number of amides is 1. The van der Waals surface area contributed by atoms with Crippen molar-refractivity contribution in [3.05, 3.63) is 18.0 Å². The summed E-state index contributed by atoms with van der Waals surface area (Å²) < 4.78 is 38.3. The van der Waals surface area contributed by atoms with Gasteiger partial charge in [-0.05, 0) is 13.0 Å². The number of carbonyl (C=O) groups excluding carboxylic acids is 1. The summed E-state index contributed by atoms with van der Waals surface area (Å²) in [6, 6.07) is 0.855. The van der Waals surface area contributed by atoms with Crippen molar-refractivity contribution in [3.63, 3.8) is 0 Å². The number of β-amino-alcohol motifs (C(OH)–C–C–N with tert-alkyl or cyclic N) is 1. The molecule has 0 aliphatic carbocycles. The van der Waals surface area contributed by atoms with Gasteiger partial charge < -0.3 is 10.0 Å². The van der Waals surface area contributed by atoms with Gasteiger partial charge in [-0.15, -0.1) is 0 Å². The number of alkyl halides is 3. The van der Waals surface area contributed by atoms with Crippen LogP contribution in [0.3, 0.4) is 0 Å². The van der Waals surface area contributed by atoms with Gasteiger partial charge in [0.2, 0.25) is 5.91 Å². The van der Waals surface area contributed by atoms with E-state index in [4.69, 9.17) is 0 Å². The van der Waals surface area contributed by atoms with Crippen LogP contribution in [0.1, 0.15) is 12.6 Å². The number of piperazine rings is 1. The maximum atomic E-state index is 12.4. The van der Waals surface area contributed by atoms with Crippen molar-refractivity contribution in [1.29, 1.82) is 0 Å². The largest absolute Gasteiger partial charge is 0.435 e. The van der Waals surface area contributed by atoms with Crippen molar-refractivity contribution in [3.8, 4) is 0 Å². The van der Waals surface area contributed by atoms with Gasteiger partial charge in [-0.1, -0.05) is 0 Å². The van der Waals surface area contributed by atoms with E-state index in [9.17, 15) is 23.1 Å². The molecule has 1 aromatic rings. The van der Waals surface area contributed by atoms with Crippen LogP contribution in [0.2, 0.25) is 0 Å². The first-order chi connectivity index (χ1) is 10.3. The molecule has 1 fully saturated rings. The fourth-order valence-electron chi connectivity index (χ4n) is 2.39. The van der Waals surface area contributed by atoms with Gasteiger partial charge in [0.15, 0.2) is 5.69 Å². The fourth-order valence-corrected chi connectivity index (χ4v) is 2.39. The standard InChI is InChI=1S/C13H19F3N4O2/c1-10(21)8-18-4-6-19(7-5-18)12(22)9-20-3-2-11(17-20)13(14,15)16/h2-3,10,21H,4-9H2,1H3. The Labute approximate surface area is 126 Å². The Morgan fingerprint density at radius 2 is 2.00 bits per heavy atom. The molecular weight excluding hydrogens is 301 g/mol. The molecule has 124 valence electrons. The molecule has 22 heavy (non-hydrogen) atoms. The van der Waals surface area contributed by atoms with Crippen molar-refractivity contribution in [2.75, 3.05) is 32.7 Å². The number of aliphatic hydroxyl groups is 1. The Kier molecular flexibility index (Phi) is 5.07. The van der Waals surface area contributed by atoms with E-state index in [1.807, 2.05) is 4.90 Å². The zero-order chi connectivity index (χ0) is 16.3. The number of carbonyl (C=O) groups is 1. The molecule has 1 aliphatic heterocycles. The summed E-state index contributed by atoms with van der Waals surface area (Å²) in [5, 5.41) is 12.7. The molecule has 1 aliphatic rings. The Morgan fingerprint density at radius 1 is 1.36 bits per heavy atom. The highest BCUT2D eigenvalue weighted by atomic mass is 19.4. The zero-order valence-corrected chi connectivity index (χ0v) is 12.3. The van der Waals surface area contributed by atoms with E-state index < -0.39 is 18.0 Å². The third-order valence-electron chi connectivity index (χ3n) is 3.48. The normalized spacial score (nSPS) is 18.5. The molecule has 0 bridgehead atoms. The third kappa shape index (κ3) is 4.44. The van der Waals surface area contributed by atoms with E-state index in [-0.39, 0.29) is 12.5 Å². The van der Waals surface area contributed by atoms with Gasteiger partial charge >= 0.3 is 6.18 Å². The molecule has 2 heterocycles. The molecule has 2 rings (SSSR count). The van der Waals surface area contributed by atoms with Crippen LogP contribution in [-0.4, -0.2) is 69.4 Å². The SMILES string of the molecule is CC(O)CN1CCN(C(=O)Cn2ccc(C(F)(F)F)n2)CC1. The van der Waals surface area contributed by atoms with Crippen LogP contribution in [0, 0.1) is 0 Å². The van der Waals surface area contributed by atoms with Crippen molar-refractivity contribution in [1.82, 2.24) is 19.6 Å². The van der Waals surface area contributed by atoms with Crippen LogP contribution >= 0.6 is 0 Å². The van der Waals surface area contributed by atoms with Crippen LogP contribution < -0.4 is 0 Å². The number of aromatic nitrogens is 2. The van der Waals surface area contributed by atoms with E-state index in [1.54, 1.807) is 11.8 Å². The molecule has 1 saturated heterocycles. The first-order valence-corrected chi connectivity index (χ1v) is 7.04. The molecule has 1 N–H and O–H groups in total. The van der Waals surface area contributed by atoms with Gasteiger partial charge in [-0.25, -0.2) is 0 Å². The van der Waals surface area contributed by atoms with Crippen molar-refractivity contribution in [2.24, 2.45) is 0 Å². The van der Waals surface area contributed by atoms with Gasteiger partial charge in [-0.2, -0.15) is 18.3 Å². The monoisotopic (exact) mass is 320 g/mol. The number of hydrogen-bond acceptors (Lipinski definition) is 4. The third-order valence-corrected chi connectivity index (χ3v) is 3.48. The average Bonchev–Trinajstić information content (AvgIpc) is 2.87. The molecular formula is C13H19F3N4O2. The smallest absolute Gasteiger partial charge is 0.392 e. The quantitative estimate of drug-likeness (QED) is 0.874. The molecule has 0 saturated carbocycles. The summed E-state index contributed by atoms with van der Waals surface area (Å²) in [4.78, 5) is 15.7. The Morgan fingerprint density at radius 3 is 2.50 bits per heavy atom. The first kappa shape index (κ1) is 16.8. The van der Waals surface area contributed by atoms with Gasteiger partial charge in [-0.3, -0.25) is 14.4 Å².